The zero-order chi connectivity index (χ0) is 14.4. The summed E-state index contributed by atoms with van der Waals surface area (Å²) in [5, 5.41) is 3.32. The summed E-state index contributed by atoms with van der Waals surface area (Å²) in [5.41, 5.74) is 6.33. The minimum atomic E-state index is 0.331. The van der Waals surface area contributed by atoms with Crippen molar-refractivity contribution in [2.24, 2.45) is 28.9 Å². The minimum absolute atomic E-state index is 0.331. The van der Waals surface area contributed by atoms with Crippen LogP contribution in [0.4, 0.5) is 0 Å². The van der Waals surface area contributed by atoms with E-state index in [-0.39, 0.29) is 0 Å². The Kier molecular flexibility index (Phi) is 3.52. The van der Waals surface area contributed by atoms with Gasteiger partial charge in [-0.15, -0.1) is 0 Å². The monoisotopic (exact) mass is 290 g/mol. The maximum absolute atomic E-state index is 12.5. The predicted octanol–water partition coefficient (Wildman–Crippen LogP) is 2.98. The molecule has 0 spiro atoms. The van der Waals surface area contributed by atoms with Crippen LogP contribution in [0.2, 0.25) is 0 Å². The van der Waals surface area contributed by atoms with Crippen LogP contribution >= 0.6 is 0 Å². The smallest absolute Gasteiger partial charge is 0.220 e. The maximum Gasteiger partial charge on any atom is 0.220 e. The van der Waals surface area contributed by atoms with Crippen molar-refractivity contribution in [3.63, 3.8) is 0 Å². The molecule has 3 nitrogen and oxygen atoms in total. The fraction of sp³-hybridized carbons (Fsp3) is 0.944. The molecule has 0 heterocycles. The van der Waals surface area contributed by atoms with Gasteiger partial charge in [0, 0.05) is 18.5 Å². The van der Waals surface area contributed by atoms with E-state index in [0.29, 0.717) is 23.4 Å². The summed E-state index contributed by atoms with van der Waals surface area (Å²) < 4.78 is 0. The van der Waals surface area contributed by atoms with E-state index >= 15 is 0 Å². The second-order valence-electron chi connectivity index (χ2n) is 8.77. The van der Waals surface area contributed by atoms with Crippen LogP contribution in [0.5, 0.6) is 0 Å². The molecule has 5 aliphatic carbocycles. The van der Waals surface area contributed by atoms with Crippen molar-refractivity contribution in [3.8, 4) is 0 Å². The summed E-state index contributed by atoms with van der Waals surface area (Å²) in [6.45, 7) is 0. The number of nitrogens with two attached hydrogens (primary N) is 1. The van der Waals surface area contributed by atoms with Crippen LogP contribution in [0.25, 0.3) is 0 Å². The van der Waals surface area contributed by atoms with Gasteiger partial charge in [0.05, 0.1) is 0 Å². The molecule has 4 bridgehead atoms. The number of carbonyl (C=O) groups is 1. The van der Waals surface area contributed by atoms with E-state index in [9.17, 15) is 4.79 Å². The number of rotatable bonds is 3. The maximum atomic E-state index is 12.5. The molecule has 3 N–H and O–H groups in total. The third-order valence-corrected chi connectivity index (χ3v) is 6.84. The Balaban J connectivity index is 1.34. The molecule has 0 aromatic rings. The number of amides is 1. The lowest BCUT2D eigenvalue weighted by Crippen LogP contribution is -2.49. The van der Waals surface area contributed by atoms with Crippen molar-refractivity contribution in [2.45, 2.75) is 82.7 Å². The van der Waals surface area contributed by atoms with Crippen molar-refractivity contribution in [2.75, 3.05) is 0 Å². The normalized spacial score (nSPS) is 48.3. The van der Waals surface area contributed by atoms with Crippen LogP contribution in [0, 0.1) is 23.2 Å². The first-order chi connectivity index (χ1) is 10.1. The van der Waals surface area contributed by atoms with Gasteiger partial charge < -0.3 is 11.1 Å². The highest BCUT2D eigenvalue weighted by Crippen LogP contribution is 2.61. The first-order valence-electron chi connectivity index (χ1n) is 9.15. The molecule has 0 saturated heterocycles. The van der Waals surface area contributed by atoms with Crippen molar-refractivity contribution in [1.82, 2.24) is 5.32 Å². The van der Waals surface area contributed by atoms with Crippen molar-refractivity contribution >= 4 is 5.91 Å². The fourth-order valence-corrected chi connectivity index (χ4v) is 6.39. The Bertz CT molecular complexity index is 376. The first-order valence-corrected chi connectivity index (χ1v) is 9.15. The van der Waals surface area contributed by atoms with Gasteiger partial charge in [-0.1, -0.05) is 0 Å². The van der Waals surface area contributed by atoms with Crippen LogP contribution in [-0.2, 0) is 4.79 Å². The highest BCUT2D eigenvalue weighted by Gasteiger charge is 2.51. The molecule has 5 aliphatic rings. The molecule has 0 unspecified atom stereocenters. The molecule has 0 aromatic carbocycles. The lowest BCUT2D eigenvalue weighted by molar-refractivity contribution is -0.130. The fourth-order valence-electron chi connectivity index (χ4n) is 6.39. The van der Waals surface area contributed by atoms with Gasteiger partial charge in [0.15, 0.2) is 0 Å². The van der Waals surface area contributed by atoms with Crippen LogP contribution < -0.4 is 11.1 Å². The molecule has 0 aliphatic heterocycles. The average molecular weight is 290 g/mol. The lowest BCUT2D eigenvalue weighted by Gasteiger charge is -2.56. The van der Waals surface area contributed by atoms with Crippen LogP contribution in [0.3, 0.4) is 0 Å². The molecule has 3 heteroatoms. The molecule has 0 aromatic heterocycles. The molecular weight excluding hydrogens is 260 g/mol. The number of nitrogens with one attached hydrogen (secondary N) is 1. The summed E-state index contributed by atoms with van der Waals surface area (Å²) in [5.74, 6) is 3.16. The zero-order valence-corrected chi connectivity index (χ0v) is 13.2. The summed E-state index contributed by atoms with van der Waals surface area (Å²) in [6.07, 6.45) is 13.5. The first kappa shape index (κ1) is 14.0. The van der Waals surface area contributed by atoms with E-state index in [4.69, 9.17) is 5.73 Å². The quantitative estimate of drug-likeness (QED) is 0.839. The Morgan fingerprint density at radius 3 is 2.00 bits per heavy atom. The predicted molar refractivity (Wildman–Crippen MR) is 83.6 cm³/mol. The Labute approximate surface area is 128 Å². The molecule has 0 atom stereocenters. The van der Waals surface area contributed by atoms with Crippen LogP contribution in [0.15, 0.2) is 0 Å². The topological polar surface area (TPSA) is 55.1 Å². The average Bonchev–Trinajstić information content (AvgIpc) is 2.39. The van der Waals surface area contributed by atoms with Gasteiger partial charge >= 0.3 is 0 Å². The van der Waals surface area contributed by atoms with Crippen LogP contribution in [0.1, 0.15) is 70.6 Å². The summed E-state index contributed by atoms with van der Waals surface area (Å²) in [6, 6.07) is 0.757. The molecule has 21 heavy (non-hydrogen) atoms. The molecule has 5 fully saturated rings. The standard InChI is InChI=1S/C18H30N2O/c19-15-1-3-16(4-2-15)20-17(21)11-18-8-12-5-13(9-18)7-14(6-12)10-18/h12-16H,1-11,19H2,(H,20,21). The Morgan fingerprint density at radius 1 is 0.952 bits per heavy atom. The van der Waals surface area contributed by atoms with Gasteiger partial charge in [-0.2, -0.15) is 0 Å². The molecule has 5 rings (SSSR count). The second kappa shape index (κ2) is 5.26. The SMILES string of the molecule is NC1CCC(NC(=O)CC23CC4CC(CC(C4)C2)C3)CC1. The molecule has 5 saturated carbocycles. The molecular formula is C18H30N2O. The third-order valence-electron chi connectivity index (χ3n) is 6.84. The second-order valence-corrected chi connectivity index (χ2v) is 8.77. The third kappa shape index (κ3) is 2.86. The zero-order valence-electron chi connectivity index (χ0n) is 13.2. The van der Waals surface area contributed by atoms with E-state index < -0.39 is 0 Å². The highest BCUT2D eigenvalue weighted by molar-refractivity contribution is 5.77. The van der Waals surface area contributed by atoms with Crippen molar-refractivity contribution < 1.29 is 4.79 Å². The van der Waals surface area contributed by atoms with Gasteiger partial charge in [-0.05, 0) is 87.4 Å². The van der Waals surface area contributed by atoms with Crippen LogP contribution in [-0.4, -0.2) is 18.0 Å². The van der Waals surface area contributed by atoms with E-state index in [1.54, 1.807) is 0 Å². The van der Waals surface area contributed by atoms with E-state index in [0.717, 1.165) is 49.9 Å². The Hall–Kier alpha value is -0.570. The summed E-state index contributed by atoms with van der Waals surface area (Å²) in [4.78, 5) is 12.5. The van der Waals surface area contributed by atoms with Gasteiger partial charge in [0.25, 0.3) is 0 Å². The van der Waals surface area contributed by atoms with Gasteiger partial charge in [0.2, 0.25) is 5.91 Å². The van der Waals surface area contributed by atoms with E-state index in [1.807, 2.05) is 0 Å². The van der Waals surface area contributed by atoms with Gasteiger partial charge in [-0.3, -0.25) is 4.79 Å². The van der Waals surface area contributed by atoms with E-state index in [1.165, 1.54) is 38.5 Å². The van der Waals surface area contributed by atoms with Crippen molar-refractivity contribution in [1.29, 1.82) is 0 Å². The van der Waals surface area contributed by atoms with Gasteiger partial charge in [-0.25, -0.2) is 0 Å². The Morgan fingerprint density at radius 2 is 1.48 bits per heavy atom. The van der Waals surface area contributed by atoms with Crippen molar-refractivity contribution in [3.05, 3.63) is 0 Å². The lowest BCUT2D eigenvalue weighted by atomic mass is 9.49. The summed E-state index contributed by atoms with van der Waals surface area (Å²) in [7, 11) is 0. The molecule has 0 radical (unpaired) electrons. The molecule has 1 amide bonds. The van der Waals surface area contributed by atoms with E-state index in [2.05, 4.69) is 5.32 Å². The van der Waals surface area contributed by atoms with Gasteiger partial charge in [0.1, 0.15) is 0 Å². The number of hydrogen-bond acceptors (Lipinski definition) is 2. The largest absolute Gasteiger partial charge is 0.353 e. The molecule has 118 valence electrons. The number of hydrogen-bond donors (Lipinski definition) is 2. The number of carbonyl (C=O) groups excluding carboxylic acids is 1. The summed E-state index contributed by atoms with van der Waals surface area (Å²) >= 11 is 0. The highest BCUT2D eigenvalue weighted by atomic mass is 16.1. The minimum Gasteiger partial charge on any atom is -0.353 e.